The molecule has 10 nitrogen and oxygen atoms in total. The monoisotopic (exact) mass is 743 g/mol. The smallest absolute Gasteiger partial charge is 0.190 e. The summed E-state index contributed by atoms with van der Waals surface area (Å²) in [6.07, 6.45) is 7.68. The number of piperazine rings is 1. The zero-order valence-corrected chi connectivity index (χ0v) is 31.6. The van der Waals surface area contributed by atoms with Gasteiger partial charge in [-0.1, -0.05) is 67.6 Å². The zero-order valence-electron chi connectivity index (χ0n) is 30.8. The number of benzene rings is 2. The van der Waals surface area contributed by atoms with E-state index in [2.05, 4.69) is 65.3 Å². The number of carbonyl (C=O) groups excluding carboxylic acids is 2. The highest BCUT2D eigenvalue weighted by molar-refractivity contribution is 7.99. The molecule has 0 bridgehead atoms. The summed E-state index contributed by atoms with van der Waals surface area (Å²) in [5, 5.41) is 40.5. The maximum atomic E-state index is 12.4. The van der Waals surface area contributed by atoms with Gasteiger partial charge < -0.3 is 30.1 Å². The second-order valence-corrected chi connectivity index (χ2v) is 16.9. The van der Waals surface area contributed by atoms with Crippen molar-refractivity contribution in [1.82, 2.24) is 9.80 Å². The zero-order chi connectivity index (χ0) is 37.4. The first-order chi connectivity index (χ1) is 25.5. The van der Waals surface area contributed by atoms with Crippen molar-refractivity contribution in [2.24, 2.45) is 33.6 Å². The van der Waals surface area contributed by atoms with Crippen LogP contribution in [0, 0.1) is 28.6 Å². The number of ether oxygens (including phenoxy) is 1. The van der Waals surface area contributed by atoms with Crippen molar-refractivity contribution in [2.75, 3.05) is 59.2 Å². The van der Waals surface area contributed by atoms with Crippen molar-refractivity contribution in [3.05, 3.63) is 77.9 Å². The largest absolute Gasteiger partial charge is 0.394 e. The molecule has 4 N–H and O–H groups in total. The number of aliphatic hydroxyl groups excluding tert-OH is 3. The lowest BCUT2D eigenvalue weighted by Crippen LogP contribution is -2.61. The Morgan fingerprint density at radius 1 is 1.00 bits per heavy atom. The number of rotatable bonds is 7. The lowest BCUT2D eigenvalue weighted by Gasteiger charge is -2.59. The van der Waals surface area contributed by atoms with Gasteiger partial charge in [-0.15, -0.1) is 0 Å². The molecule has 11 heteroatoms. The van der Waals surface area contributed by atoms with E-state index in [-0.39, 0.29) is 35.6 Å². The van der Waals surface area contributed by atoms with Gasteiger partial charge >= 0.3 is 0 Å². The number of hydrogen-bond donors (Lipinski definition) is 4. The van der Waals surface area contributed by atoms with E-state index in [1.165, 1.54) is 15.4 Å². The summed E-state index contributed by atoms with van der Waals surface area (Å²) in [4.78, 5) is 36.5. The molecule has 0 spiro atoms. The molecule has 0 amide bonds. The number of Topliss-reactive ketones (excluding diaryl/α,β-unsaturated/α-hetero) is 1. The number of fused-ring (bicyclic) bond motifs is 7. The predicted octanol–water partition coefficient (Wildman–Crippen LogP) is 4.41. The standard InChI is InChI=1S/C21H25N3O2S.C21H28O5/c25-14-16-26-15-13-23-9-11-24(12-10-23)21-17-5-1-3-7-19(17)27-20-8-4-2-6-18(20)22-21;1-19-7-5-13(23)9-12(19)3-4-14-15-6-8-21(26,17(25)11-22)20(15,2)10-16(24)18(14)19/h1-8,25H,9-16H2;5,7,9,14-16,18,22,24,26H,3-4,6,8,10-11H2,1-2H3/t;14-,15-,16-,18+,19-,20-,21-/m.0/s1. The van der Waals surface area contributed by atoms with Crippen molar-refractivity contribution in [3.63, 3.8) is 0 Å². The van der Waals surface area contributed by atoms with Gasteiger partial charge in [-0.3, -0.25) is 14.5 Å². The van der Waals surface area contributed by atoms with Crippen molar-refractivity contribution in [2.45, 2.75) is 67.4 Å². The van der Waals surface area contributed by atoms with Crippen LogP contribution in [0.5, 0.6) is 0 Å². The Morgan fingerprint density at radius 2 is 1.74 bits per heavy atom. The maximum Gasteiger partial charge on any atom is 0.190 e. The molecule has 2 heterocycles. The molecule has 0 unspecified atom stereocenters. The third-order valence-corrected chi connectivity index (χ3v) is 14.3. The van der Waals surface area contributed by atoms with Crippen LogP contribution >= 0.6 is 11.8 Å². The van der Waals surface area contributed by atoms with Crippen LogP contribution < -0.4 is 0 Å². The average molecular weight is 744 g/mol. The molecule has 4 fully saturated rings. The third kappa shape index (κ3) is 6.99. The number of para-hydroxylation sites is 1. The number of aliphatic imine (C=N–C) groups is 1. The summed E-state index contributed by atoms with van der Waals surface area (Å²) < 4.78 is 5.40. The van der Waals surface area contributed by atoms with Gasteiger partial charge in [0.15, 0.2) is 11.6 Å². The van der Waals surface area contributed by atoms with Crippen molar-refractivity contribution in [1.29, 1.82) is 0 Å². The number of ketones is 2. The Bertz CT molecular complexity index is 1790. The second kappa shape index (κ2) is 15.5. The van der Waals surface area contributed by atoms with Crippen LogP contribution in [-0.2, 0) is 14.3 Å². The molecule has 6 aliphatic rings. The molecule has 0 radical (unpaired) electrons. The molecule has 7 atom stereocenters. The normalized spacial score (nSPS) is 33.2. The van der Waals surface area contributed by atoms with Crippen LogP contribution in [0.25, 0.3) is 0 Å². The van der Waals surface area contributed by atoms with Crippen molar-refractivity contribution < 1.29 is 34.8 Å². The first-order valence-corrected chi connectivity index (χ1v) is 19.9. The summed E-state index contributed by atoms with van der Waals surface area (Å²) in [7, 11) is 0. The number of carbonyl (C=O) groups is 2. The molecular weight excluding hydrogens is 691 g/mol. The van der Waals surface area contributed by atoms with E-state index in [1.54, 1.807) is 23.9 Å². The van der Waals surface area contributed by atoms with Gasteiger partial charge in [0.1, 0.15) is 18.0 Å². The summed E-state index contributed by atoms with van der Waals surface area (Å²) in [6, 6.07) is 16.9. The van der Waals surface area contributed by atoms with Gasteiger partial charge in [-0.05, 0) is 74.3 Å². The Hall–Kier alpha value is -3.16. The number of nitrogens with zero attached hydrogens (tertiary/aromatic N) is 3. The fourth-order valence-electron chi connectivity index (χ4n) is 10.4. The Morgan fingerprint density at radius 3 is 2.49 bits per heavy atom. The van der Waals surface area contributed by atoms with Gasteiger partial charge in [0.2, 0.25) is 0 Å². The summed E-state index contributed by atoms with van der Waals surface area (Å²) >= 11 is 1.80. The quantitative estimate of drug-likeness (QED) is 0.302. The van der Waals surface area contributed by atoms with Crippen LogP contribution in [-0.4, -0.2) is 118 Å². The second-order valence-electron chi connectivity index (χ2n) is 15.9. The van der Waals surface area contributed by atoms with E-state index < -0.39 is 29.5 Å². The average Bonchev–Trinajstić information content (AvgIpc) is 3.32. The number of hydrogen-bond acceptors (Lipinski definition) is 11. The molecule has 2 aromatic carbocycles. The maximum absolute atomic E-state index is 12.4. The molecule has 0 aromatic heterocycles. The number of aliphatic hydroxyl groups is 4. The van der Waals surface area contributed by atoms with Crippen LogP contribution in [0.1, 0.15) is 51.5 Å². The number of allylic oxidation sites excluding steroid dienone is 4. The minimum atomic E-state index is -1.56. The molecular formula is C42H53N3O7S. The molecule has 1 saturated heterocycles. The van der Waals surface area contributed by atoms with Crippen LogP contribution in [0.2, 0.25) is 0 Å². The highest BCUT2D eigenvalue weighted by Gasteiger charge is 2.68. The van der Waals surface area contributed by atoms with Gasteiger partial charge in [-0.25, -0.2) is 4.99 Å². The first-order valence-electron chi connectivity index (χ1n) is 19.1. The topological polar surface area (TPSA) is 143 Å². The summed E-state index contributed by atoms with van der Waals surface area (Å²) in [5.41, 5.74) is 0.729. The van der Waals surface area contributed by atoms with Gasteiger partial charge in [0.25, 0.3) is 0 Å². The van der Waals surface area contributed by atoms with Gasteiger partial charge in [0.05, 0.1) is 31.6 Å². The van der Waals surface area contributed by atoms with Gasteiger partial charge in [0, 0.05) is 64.8 Å². The first kappa shape index (κ1) is 38.1. The van der Waals surface area contributed by atoms with Crippen molar-refractivity contribution in [3.8, 4) is 0 Å². The SMILES string of the molecule is C[C@]12C=CC(=O)C=C1CC[C@@H]1[C@@H]2[C@@H](O)C[C@@]2(C)[C@H]1CC[C@]2(O)C(=O)CO.OCCOCCN1CCN(C2=Nc3ccccc3Sc3ccccc32)CC1. The molecule has 3 saturated carbocycles. The van der Waals surface area contributed by atoms with E-state index in [4.69, 9.17) is 14.8 Å². The van der Waals surface area contributed by atoms with Crippen molar-refractivity contribution >= 4 is 34.9 Å². The van der Waals surface area contributed by atoms with E-state index >= 15 is 0 Å². The summed E-state index contributed by atoms with van der Waals surface area (Å²) in [6.45, 7) is 9.35. The highest BCUT2D eigenvalue weighted by Crippen LogP contribution is 2.67. The lowest BCUT2D eigenvalue weighted by molar-refractivity contribution is -0.178. The van der Waals surface area contributed by atoms with Gasteiger partial charge in [-0.2, -0.15) is 0 Å². The molecule has 53 heavy (non-hydrogen) atoms. The fourth-order valence-corrected chi connectivity index (χ4v) is 11.4. The lowest BCUT2D eigenvalue weighted by atomic mass is 9.46. The predicted molar refractivity (Wildman–Crippen MR) is 204 cm³/mol. The van der Waals surface area contributed by atoms with E-state index in [0.29, 0.717) is 26.1 Å². The fraction of sp³-hybridized carbons (Fsp3) is 0.548. The molecule has 284 valence electrons. The highest BCUT2D eigenvalue weighted by atomic mass is 32.2. The van der Waals surface area contributed by atoms with E-state index in [0.717, 1.165) is 69.1 Å². The number of amidine groups is 1. The van der Waals surface area contributed by atoms with E-state index in [9.17, 15) is 24.9 Å². The molecule has 8 rings (SSSR count). The molecule has 2 aliphatic heterocycles. The van der Waals surface area contributed by atoms with Crippen LogP contribution in [0.3, 0.4) is 0 Å². The minimum Gasteiger partial charge on any atom is -0.394 e. The minimum absolute atomic E-state index is 0.00912. The summed E-state index contributed by atoms with van der Waals surface area (Å²) in [5.74, 6) is 0.856. The van der Waals surface area contributed by atoms with Crippen LogP contribution in [0.4, 0.5) is 5.69 Å². The van der Waals surface area contributed by atoms with E-state index in [1.807, 2.05) is 13.0 Å². The molecule has 4 aliphatic carbocycles. The Labute approximate surface area is 316 Å². The Balaban J connectivity index is 0.000000164. The Kier molecular flexibility index (Phi) is 11.2. The van der Waals surface area contributed by atoms with Crippen LogP contribution in [0.15, 0.2) is 87.1 Å². The molecule has 2 aromatic rings. The third-order valence-electron chi connectivity index (χ3n) is 13.2.